The van der Waals surface area contributed by atoms with Crippen LogP contribution in [0.15, 0.2) is 45.8 Å². The molecule has 2 aromatic rings. The lowest BCUT2D eigenvalue weighted by Gasteiger charge is -2.21. The molecule has 9 heteroatoms. The van der Waals surface area contributed by atoms with Crippen LogP contribution in [0.4, 0.5) is 0 Å². The number of carboxylic acids is 1. The molecular weight excluding hydrogens is 424 g/mol. The van der Waals surface area contributed by atoms with Crippen LogP contribution in [-0.4, -0.2) is 48.9 Å². The molecule has 0 radical (unpaired) electrons. The Labute approximate surface area is 159 Å². The number of sulfonamides is 1. The summed E-state index contributed by atoms with van der Waals surface area (Å²) >= 11 is 3.37. The fourth-order valence-corrected chi connectivity index (χ4v) is 4.58. The Balaban J connectivity index is 1.82. The van der Waals surface area contributed by atoms with E-state index < -0.39 is 34.0 Å². The maximum Gasteiger partial charge on any atom is 0.326 e. The normalized spacial score (nSPS) is 19.1. The molecule has 1 heterocycles. The highest BCUT2D eigenvalue weighted by Gasteiger charge is 2.39. The summed E-state index contributed by atoms with van der Waals surface area (Å²) in [6.45, 7) is 1.60. The van der Waals surface area contributed by atoms with E-state index in [2.05, 4.69) is 20.7 Å². The topological polar surface area (TPSA) is 104 Å². The number of carbonyl (C=O) groups excluding carboxylic acids is 1. The van der Waals surface area contributed by atoms with E-state index in [1.54, 1.807) is 18.2 Å². The number of aliphatic carboxylic acids is 1. The Morgan fingerprint density at radius 3 is 2.62 bits per heavy atom. The summed E-state index contributed by atoms with van der Waals surface area (Å²) in [6.07, 6.45) is 0.232. The lowest BCUT2D eigenvalue weighted by molar-refractivity contribution is -0.147. The molecule has 0 bridgehead atoms. The molecule has 0 saturated carbocycles. The molecule has 7 nitrogen and oxygen atoms in total. The van der Waals surface area contributed by atoms with E-state index >= 15 is 0 Å². The number of rotatable bonds is 5. The van der Waals surface area contributed by atoms with Crippen LogP contribution < -0.4 is 4.72 Å². The summed E-state index contributed by atoms with van der Waals surface area (Å²) in [5.74, 6) is -1.64. The third-order valence-corrected chi connectivity index (χ3v) is 6.41. The van der Waals surface area contributed by atoms with Crippen molar-refractivity contribution < 1.29 is 23.1 Å². The van der Waals surface area contributed by atoms with Crippen molar-refractivity contribution in [3.63, 3.8) is 0 Å². The predicted octanol–water partition coefficient (Wildman–Crippen LogP) is 1.95. The van der Waals surface area contributed by atoms with Crippen LogP contribution in [0.2, 0.25) is 0 Å². The van der Waals surface area contributed by atoms with Gasteiger partial charge >= 0.3 is 5.97 Å². The highest BCUT2D eigenvalue weighted by molar-refractivity contribution is 9.10. The summed E-state index contributed by atoms with van der Waals surface area (Å²) in [4.78, 5) is 24.6. The largest absolute Gasteiger partial charge is 0.480 e. The standard InChI is InChI=1S/C17H17BrN2O5S/c1-10(17(22)23)20-7-6-15(16(20)21)19-26(24,25)14-5-3-11-8-13(18)4-2-12(11)9-14/h2-5,8-10,15,19H,6-7H2,1H3,(H,22,23)/t10-,15?/m1/s1. The second-order valence-electron chi connectivity index (χ2n) is 6.16. The summed E-state index contributed by atoms with van der Waals surface area (Å²) in [5, 5.41) is 10.7. The van der Waals surface area contributed by atoms with Gasteiger partial charge in [-0.2, -0.15) is 4.72 Å². The Kier molecular flexibility index (Phi) is 5.05. The summed E-state index contributed by atoms with van der Waals surface area (Å²) in [7, 11) is -3.90. The second kappa shape index (κ2) is 6.98. The fourth-order valence-electron chi connectivity index (χ4n) is 2.95. The first-order valence-corrected chi connectivity index (χ1v) is 10.2. The van der Waals surface area contributed by atoms with Crippen LogP contribution in [0, 0.1) is 0 Å². The van der Waals surface area contributed by atoms with Crippen LogP contribution >= 0.6 is 15.9 Å². The number of carbonyl (C=O) groups is 2. The maximum absolute atomic E-state index is 12.6. The van der Waals surface area contributed by atoms with Gasteiger partial charge in [-0.25, -0.2) is 13.2 Å². The van der Waals surface area contributed by atoms with Gasteiger partial charge < -0.3 is 10.0 Å². The fraction of sp³-hybridized carbons (Fsp3) is 0.294. The maximum atomic E-state index is 12.6. The molecular formula is C17H17BrN2O5S. The Morgan fingerprint density at radius 1 is 1.27 bits per heavy atom. The molecule has 1 aliphatic heterocycles. The van der Waals surface area contributed by atoms with Crippen molar-refractivity contribution in [1.82, 2.24) is 9.62 Å². The zero-order chi connectivity index (χ0) is 19.1. The van der Waals surface area contributed by atoms with Crippen LogP contribution in [0.1, 0.15) is 13.3 Å². The number of likely N-dealkylation sites (tertiary alicyclic amines) is 1. The van der Waals surface area contributed by atoms with Gasteiger partial charge in [-0.1, -0.05) is 28.1 Å². The van der Waals surface area contributed by atoms with E-state index in [9.17, 15) is 18.0 Å². The first-order valence-electron chi connectivity index (χ1n) is 7.94. The molecule has 2 N–H and O–H groups in total. The zero-order valence-electron chi connectivity index (χ0n) is 13.8. The molecule has 0 aromatic heterocycles. The Morgan fingerprint density at radius 2 is 1.92 bits per heavy atom. The number of fused-ring (bicyclic) bond motifs is 1. The lowest BCUT2D eigenvalue weighted by Crippen LogP contribution is -2.46. The molecule has 1 fully saturated rings. The molecule has 0 spiro atoms. The SMILES string of the molecule is C[C@H](C(=O)O)N1CCC(NS(=O)(=O)c2ccc3cc(Br)ccc3c2)C1=O. The third kappa shape index (κ3) is 3.60. The number of nitrogens with zero attached hydrogens (tertiary/aromatic N) is 1. The van der Waals surface area contributed by atoms with Crippen molar-refractivity contribution in [2.24, 2.45) is 0 Å². The third-order valence-electron chi connectivity index (χ3n) is 4.45. The number of nitrogens with one attached hydrogen (secondary N) is 1. The number of amides is 1. The molecule has 2 atom stereocenters. The summed E-state index contributed by atoms with van der Waals surface area (Å²) in [5.41, 5.74) is 0. The van der Waals surface area contributed by atoms with Gasteiger partial charge in [-0.15, -0.1) is 0 Å². The molecule has 138 valence electrons. The molecule has 1 aliphatic rings. The van der Waals surface area contributed by atoms with Crippen LogP contribution in [0.5, 0.6) is 0 Å². The molecule has 3 rings (SSSR count). The molecule has 1 unspecified atom stereocenters. The van der Waals surface area contributed by atoms with E-state index in [4.69, 9.17) is 5.11 Å². The zero-order valence-corrected chi connectivity index (χ0v) is 16.2. The lowest BCUT2D eigenvalue weighted by atomic mass is 10.1. The van der Waals surface area contributed by atoms with Gasteiger partial charge in [0.25, 0.3) is 0 Å². The van der Waals surface area contributed by atoms with Crippen molar-refractivity contribution in [3.05, 3.63) is 40.9 Å². The van der Waals surface area contributed by atoms with Crippen molar-refractivity contribution >= 4 is 48.6 Å². The molecule has 2 aromatic carbocycles. The quantitative estimate of drug-likeness (QED) is 0.739. The van der Waals surface area contributed by atoms with Gasteiger partial charge in [0, 0.05) is 11.0 Å². The second-order valence-corrected chi connectivity index (χ2v) is 8.79. The van der Waals surface area contributed by atoms with Gasteiger partial charge in [-0.3, -0.25) is 4.79 Å². The van der Waals surface area contributed by atoms with Crippen LogP contribution in [0.3, 0.4) is 0 Å². The molecule has 1 saturated heterocycles. The number of benzene rings is 2. The van der Waals surface area contributed by atoms with Crippen molar-refractivity contribution in [3.8, 4) is 0 Å². The van der Waals surface area contributed by atoms with E-state index in [1.807, 2.05) is 12.1 Å². The summed E-state index contributed by atoms with van der Waals surface area (Å²) < 4.78 is 28.6. The van der Waals surface area contributed by atoms with Gasteiger partial charge in [0.05, 0.1) is 4.90 Å². The van der Waals surface area contributed by atoms with Gasteiger partial charge in [0.1, 0.15) is 12.1 Å². The highest BCUT2D eigenvalue weighted by atomic mass is 79.9. The minimum Gasteiger partial charge on any atom is -0.480 e. The van der Waals surface area contributed by atoms with Crippen molar-refractivity contribution in [2.45, 2.75) is 30.3 Å². The number of carboxylic acid groups (broad SMARTS) is 1. The van der Waals surface area contributed by atoms with Crippen molar-refractivity contribution in [2.75, 3.05) is 6.54 Å². The number of halogens is 1. The van der Waals surface area contributed by atoms with E-state index in [1.165, 1.54) is 17.9 Å². The van der Waals surface area contributed by atoms with Crippen LogP contribution in [-0.2, 0) is 19.6 Å². The summed E-state index contributed by atoms with van der Waals surface area (Å²) in [6, 6.07) is 8.27. The van der Waals surface area contributed by atoms with Crippen molar-refractivity contribution in [1.29, 1.82) is 0 Å². The average molecular weight is 441 g/mol. The average Bonchev–Trinajstić information content (AvgIpc) is 2.93. The van der Waals surface area contributed by atoms with Gasteiger partial charge in [-0.05, 0) is 48.4 Å². The molecule has 1 amide bonds. The minimum atomic E-state index is -3.90. The smallest absolute Gasteiger partial charge is 0.326 e. The monoisotopic (exact) mass is 440 g/mol. The Bertz CT molecular complexity index is 992. The molecule has 0 aliphatic carbocycles. The highest BCUT2D eigenvalue weighted by Crippen LogP contribution is 2.24. The first-order chi connectivity index (χ1) is 12.2. The van der Waals surface area contributed by atoms with E-state index in [-0.39, 0.29) is 17.9 Å². The predicted molar refractivity (Wildman–Crippen MR) is 99.2 cm³/mol. The Hall–Kier alpha value is -1.97. The van der Waals surface area contributed by atoms with Gasteiger partial charge in [0.15, 0.2) is 0 Å². The van der Waals surface area contributed by atoms with E-state index in [0.29, 0.717) is 0 Å². The first kappa shape index (κ1) is 18.8. The van der Waals surface area contributed by atoms with Crippen LogP contribution in [0.25, 0.3) is 10.8 Å². The minimum absolute atomic E-state index is 0.0601. The number of hydrogen-bond acceptors (Lipinski definition) is 4. The molecule has 26 heavy (non-hydrogen) atoms. The van der Waals surface area contributed by atoms with Gasteiger partial charge in [0.2, 0.25) is 15.9 Å². The number of hydrogen-bond donors (Lipinski definition) is 2. The van der Waals surface area contributed by atoms with E-state index in [0.717, 1.165) is 15.2 Å².